The fourth-order valence-electron chi connectivity index (χ4n) is 1.64. The van der Waals surface area contributed by atoms with Crippen LogP contribution in [-0.2, 0) is 0 Å². The average molecular weight is 212 g/mol. The number of nitrogens with two attached hydrogens (primary N) is 1. The van der Waals surface area contributed by atoms with E-state index in [9.17, 15) is 0 Å². The monoisotopic (exact) mass is 212 g/mol. The van der Waals surface area contributed by atoms with E-state index < -0.39 is 0 Å². The molecule has 0 aliphatic carbocycles. The van der Waals surface area contributed by atoms with Crippen molar-refractivity contribution in [3.05, 3.63) is 5.56 Å². The van der Waals surface area contributed by atoms with Crippen LogP contribution in [0.4, 0.5) is 10.8 Å². The number of hydrogen-bond donors (Lipinski definition) is 1. The summed E-state index contributed by atoms with van der Waals surface area (Å²) in [4.78, 5) is 4.72. The van der Waals surface area contributed by atoms with E-state index in [2.05, 4.69) is 21.2 Å². The highest BCUT2D eigenvalue weighted by atomic mass is 32.1. The van der Waals surface area contributed by atoms with E-state index >= 15 is 0 Å². The lowest BCUT2D eigenvalue weighted by atomic mass is 10.3. The molecule has 4 nitrogen and oxygen atoms in total. The van der Waals surface area contributed by atoms with E-state index in [-0.39, 0.29) is 0 Å². The van der Waals surface area contributed by atoms with E-state index in [1.807, 2.05) is 6.92 Å². The Bertz CT molecular complexity index is 315. The van der Waals surface area contributed by atoms with Crippen molar-refractivity contribution in [1.82, 2.24) is 9.27 Å². The normalized spacial score (nSPS) is 18.9. The van der Waals surface area contributed by atoms with Gasteiger partial charge in [-0.25, -0.2) is 0 Å². The van der Waals surface area contributed by atoms with Gasteiger partial charge in [-0.15, -0.1) is 0 Å². The summed E-state index contributed by atoms with van der Waals surface area (Å²) in [6.07, 6.45) is 0. The third-order valence-corrected chi connectivity index (χ3v) is 3.75. The van der Waals surface area contributed by atoms with Gasteiger partial charge in [0.25, 0.3) is 0 Å². The number of hydrogen-bond acceptors (Lipinski definition) is 5. The predicted octanol–water partition coefficient (Wildman–Crippen LogP) is 0.786. The van der Waals surface area contributed by atoms with Gasteiger partial charge in [0.05, 0.1) is 0 Å². The average Bonchev–Trinajstić information content (AvgIpc) is 2.50. The van der Waals surface area contributed by atoms with Gasteiger partial charge in [-0.3, -0.25) is 0 Å². The molecule has 0 saturated carbocycles. The molecule has 1 aliphatic heterocycles. The molecule has 0 amide bonds. The lowest BCUT2D eigenvalue weighted by Crippen LogP contribution is -2.44. The minimum absolute atomic E-state index is 0.684. The van der Waals surface area contributed by atoms with Gasteiger partial charge in [0, 0.05) is 31.7 Å². The zero-order valence-corrected chi connectivity index (χ0v) is 9.47. The maximum absolute atomic E-state index is 5.74. The van der Waals surface area contributed by atoms with Crippen LogP contribution in [0.2, 0.25) is 0 Å². The van der Waals surface area contributed by atoms with Crippen LogP contribution in [0.5, 0.6) is 0 Å². The van der Waals surface area contributed by atoms with E-state index in [1.165, 1.54) is 16.5 Å². The van der Waals surface area contributed by atoms with E-state index in [1.54, 1.807) is 0 Å². The van der Waals surface area contributed by atoms with Gasteiger partial charge in [0.2, 0.25) is 0 Å². The predicted molar refractivity (Wildman–Crippen MR) is 61.0 cm³/mol. The number of aromatic nitrogens is 1. The third kappa shape index (κ3) is 1.69. The third-order valence-electron chi connectivity index (χ3n) is 2.73. The zero-order chi connectivity index (χ0) is 10.1. The first-order valence-electron chi connectivity index (χ1n) is 4.83. The molecule has 2 N–H and O–H groups in total. The molecular formula is C9H16N4S. The largest absolute Gasteiger partial charge is 0.383 e. The summed E-state index contributed by atoms with van der Waals surface area (Å²) in [7, 11) is 2.16. The topological polar surface area (TPSA) is 45.4 Å². The highest BCUT2D eigenvalue weighted by Crippen LogP contribution is 2.29. The molecule has 0 unspecified atom stereocenters. The van der Waals surface area contributed by atoms with Gasteiger partial charge in [-0.2, -0.15) is 4.37 Å². The highest BCUT2D eigenvalue weighted by Gasteiger charge is 2.18. The lowest BCUT2D eigenvalue weighted by molar-refractivity contribution is 0.313. The zero-order valence-electron chi connectivity index (χ0n) is 8.66. The summed E-state index contributed by atoms with van der Waals surface area (Å²) < 4.78 is 4.17. The first-order chi connectivity index (χ1) is 6.68. The molecular weight excluding hydrogens is 196 g/mol. The van der Waals surface area contributed by atoms with E-state index in [4.69, 9.17) is 5.73 Å². The van der Waals surface area contributed by atoms with Crippen LogP contribution in [0, 0.1) is 6.92 Å². The molecule has 0 radical (unpaired) electrons. The maximum atomic E-state index is 5.74. The van der Waals surface area contributed by atoms with Crippen LogP contribution < -0.4 is 10.6 Å². The van der Waals surface area contributed by atoms with Crippen LogP contribution in [0.3, 0.4) is 0 Å². The van der Waals surface area contributed by atoms with Crippen molar-refractivity contribution in [2.45, 2.75) is 6.92 Å². The molecule has 1 saturated heterocycles. The summed E-state index contributed by atoms with van der Waals surface area (Å²) in [5.41, 5.74) is 6.88. The van der Waals surface area contributed by atoms with Crippen molar-refractivity contribution in [3.63, 3.8) is 0 Å². The summed E-state index contributed by atoms with van der Waals surface area (Å²) in [6.45, 7) is 6.46. The van der Waals surface area contributed by atoms with Crippen molar-refractivity contribution < 1.29 is 0 Å². The molecule has 0 spiro atoms. The smallest absolute Gasteiger partial charge is 0.142 e. The Morgan fingerprint density at radius 1 is 1.29 bits per heavy atom. The Hall–Kier alpha value is -0.810. The standard InChI is InChI=1S/C9H16N4S/c1-7-8(10)11-14-9(7)13-5-3-12(2)4-6-13/h3-6H2,1-2H3,(H2,10,11). The van der Waals surface area contributed by atoms with Crippen LogP contribution >= 0.6 is 11.5 Å². The Labute approximate surface area is 88.5 Å². The second-order valence-corrected chi connectivity index (χ2v) is 4.54. The Balaban J connectivity index is 2.12. The van der Waals surface area contributed by atoms with Crippen LogP contribution in [-0.4, -0.2) is 42.5 Å². The fourth-order valence-corrected chi connectivity index (χ4v) is 2.50. The van der Waals surface area contributed by atoms with Crippen LogP contribution in [0.1, 0.15) is 5.56 Å². The first-order valence-corrected chi connectivity index (χ1v) is 5.61. The minimum atomic E-state index is 0.684. The highest BCUT2D eigenvalue weighted by molar-refractivity contribution is 7.10. The number of piperazine rings is 1. The van der Waals surface area contributed by atoms with E-state index in [0.29, 0.717) is 5.82 Å². The second-order valence-electron chi connectivity index (χ2n) is 3.79. The van der Waals surface area contributed by atoms with Crippen molar-refractivity contribution in [2.75, 3.05) is 43.9 Å². The van der Waals surface area contributed by atoms with Crippen molar-refractivity contribution in [1.29, 1.82) is 0 Å². The fraction of sp³-hybridized carbons (Fsp3) is 0.667. The molecule has 1 fully saturated rings. The SMILES string of the molecule is Cc1c(N)nsc1N1CCN(C)CC1. The second kappa shape index (κ2) is 3.74. The van der Waals surface area contributed by atoms with Crippen molar-refractivity contribution >= 4 is 22.4 Å². The molecule has 78 valence electrons. The molecule has 1 aromatic heterocycles. The summed E-state index contributed by atoms with van der Waals surface area (Å²) in [5, 5.41) is 1.25. The lowest BCUT2D eigenvalue weighted by Gasteiger charge is -2.33. The number of nitrogen functional groups attached to an aromatic ring is 1. The van der Waals surface area contributed by atoms with Gasteiger partial charge < -0.3 is 15.5 Å². The number of nitrogens with zero attached hydrogens (tertiary/aromatic N) is 3. The summed E-state index contributed by atoms with van der Waals surface area (Å²) in [6, 6.07) is 0. The minimum Gasteiger partial charge on any atom is -0.383 e. The maximum Gasteiger partial charge on any atom is 0.142 e. The molecule has 0 atom stereocenters. The molecule has 0 aromatic carbocycles. The Morgan fingerprint density at radius 3 is 2.43 bits per heavy atom. The summed E-state index contributed by atoms with van der Waals surface area (Å²) in [5.74, 6) is 0.684. The molecule has 0 bridgehead atoms. The van der Waals surface area contributed by atoms with Gasteiger partial charge in [0.15, 0.2) is 0 Å². The Morgan fingerprint density at radius 2 is 1.93 bits per heavy atom. The van der Waals surface area contributed by atoms with Crippen LogP contribution in [0.15, 0.2) is 0 Å². The molecule has 2 rings (SSSR count). The van der Waals surface area contributed by atoms with E-state index in [0.717, 1.165) is 31.7 Å². The van der Waals surface area contributed by atoms with Gasteiger partial charge in [-0.05, 0) is 25.5 Å². The summed E-state index contributed by atoms with van der Waals surface area (Å²) >= 11 is 1.52. The van der Waals surface area contributed by atoms with Gasteiger partial charge in [-0.1, -0.05) is 0 Å². The number of likely N-dealkylation sites (N-methyl/N-ethyl adjacent to an activating group) is 1. The Kier molecular flexibility index (Phi) is 2.60. The molecule has 2 heterocycles. The molecule has 1 aliphatic rings. The quantitative estimate of drug-likeness (QED) is 0.747. The number of anilines is 2. The first kappa shape index (κ1) is 9.73. The molecule has 5 heteroatoms. The van der Waals surface area contributed by atoms with Crippen molar-refractivity contribution in [3.8, 4) is 0 Å². The molecule has 14 heavy (non-hydrogen) atoms. The van der Waals surface area contributed by atoms with Crippen LogP contribution in [0.25, 0.3) is 0 Å². The van der Waals surface area contributed by atoms with Crippen molar-refractivity contribution in [2.24, 2.45) is 0 Å². The van der Waals surface area contributed by atoms with Gasteiger partial charge in [0.1, 0.15) is 10.8 Å². The number of rotatable bonds is 1. The molecule has 1 aromatic rings. The van der Waals surface area contributed by atoms with Gasteiger partial charge >= 0.3 is 0 Å².